The number of ether oxygens (including phenoxy) is 2. The van der Waals surface area contributed by atoms with E-state index in [1.54, 1.807) is 12.2 Å². The standard InChI is InChI=1S/C19H28O4/c1-12(2)10-22-18(20)16-8-14(5)7-15(6)9-17(16)19(21)23-11-13(3)4/h7-9,12-13,16H,10-11H2,1-6H3. The summed E-state index contributed by atoms with van der Waals surface area (Å²) in [4.78, 5) is 24.8. The molecule has 0 spiro atoms. The highest BCUT2D eigenvalue weighted by molar-refractivity contribution is 5.97. The van der Waals surface area contributed by atoms with Crippen LogP contribution in [0.1, 0.15) is 41.5 Å². The lowest BCUT2D eigenvalue weighted by Gasteiger charge is -2.17. The van der Waals surface area contributed by atoms with Gasteiger partial charge in [0, 0.05) is 0 Å². The van der Waals surface area contributed by atoms with Crippen molar-refractivity contribution in [1.29, 1.82) is 0 Å². The second kappa shape index (κ2) is 8.70. The molecule has 0 saturated carbocycles. The molecule has 1 aliphatic rings. The third-order valence-corrected chi connectivity index (χ3v) is 3.20. The van der Waals surface area contributed by atoms with Crippen LogP contribution in [0.3, 0.4) is 0 Å². The molecule has 128 valence electrons. The van der Waals surface area contributed by atoms with Gasteiger partial charge in [0.1, 0.15) is 5.92 Å². The summed E-state index contributed by atoms with van der Waals surface area (Å²) >= 11 is 0. The van der Waals surface area contributed by atoms with E-state index in [0.29, 0.717) is 18.8 Å². The molecule has 0 saturated heterocycles. The maximum absolute atomic E-state index is 12.4. The van der Waals surface area contributed by atoms with Crippen LogP contribution in [0.2, 0.25) is 0 Å². The quantitative estimate of drug-likeness (QED) is 0.698. The van der Waals surface area contributed by atoms with Crippen LogP contribution in [0.25, 0.3) is 0 Å². The molecule has 0 bridgehead atoms. The molecule has 1 rings (SSSR count). The number of hydrogen-bond donors (Lipinski definition) is 0. The van der Waals surface area contributed by atoms with Crippen molar-refractivity contribution in [2.24, 2.45) is 17.8 Å². The number of esters is 2. The molecule has 0 aliphatic heterocycles. The van der Waals surface area contributed by atoms with Crippen molar-refractivity contribution in [3.63, 3.8) is 0 Å². The monoisotopic (exact) mass is 320 g/mol. The van der Waals surface area contributed by atoms with Gasteiger partial charge in [0.2, 0.25) is 0 Å². The number of allylic oxidation sites excluding steroid dienone is 4. The van der Waals surface area contributed by atoms with Gasteiger partial charge in [0.05, 0.1) is 18.8 Å². The first-order valence-corrected chi connectivity index (χ1v) is 8.12. The van der Waals surface area contributed by atoms with Crippen molar-refractivity contribution < 1.29 is 19.1 Å². The van der Waals surface area contributed by atoms with Crippen LogP contribution in [0.15, 0.2) is 34.9 Å². The van der Waals surface area contributed by atoms with Gasteiger partial charge in [0.15, 0.2) is 0 Å². The molecule has 0 radical (unpaired) electrons. The van der Waals surface area contributed by atoms with E-state index in [-0.39, 0.29) is 11.8 Å². The molecule has 4 heteroatoms. The van der Waals surface area contributed by atoms with E-state index < -0.39 is 17.9 Å². The van der Waals surface area contributed by atoms with E-state index in [2.05, 4.69) is 0 Å². The highest BCUT2D eigenvalue weighted by atomic mass is 16.5. The van der Waals surface area contributed by atoms with Gasteiger partial charge in [-0.1, -0.05) is 51.0 Å². The van der Waals surface area contributed by atoms with Crippen molar-refractivity contribution in [3.05, 3.63) is 34.9 Å². The van der Waals surface area contributed by atoms with E-state index in [9.17, 15) is 9.59 Å². The summed E-state index contributed by atoms with van der Waals surface area (Å²) in [5, 5.41) is 0. The van der Waals surface area contributed by atoms with Crippen LogP contribution in [0, 0.1) is 17.8 Å². The Morgan fingerprint density at radius 2 is 1.52 bits per heavy atom. The van der Waals surface area contributed by atoms with Crippen molar-refractivity contribution in [2.45, 2.75) is 41.5 Å². The Morgan fingerprint density at radius 1 is 0.957 bits per heavy atom. The van der Waals surface area contributed by atoms with Gasteiger partial charge in [-0.05, 0) is 31.8 Å². The lowest BCUT2D eigenvalue weighted by atomic mass is 9.97. The zero-order chi connectivity index (χ0) is 17.6. The average molecular weight is 320 g/mol. The molecule has 0 aromatic rings. The molecule has 1 atom stereocenters. The molecule has 4 nitrogen and oxygen atoms in total. The molecule has 1 unspecified atom stereocenters. The minimum absolute atomic E-state index is 0.241. The number of carbonyl (C=O) groups excluding carboxylic acids is 2. The Bertz CT molecular complexity index is 536. The third kappa shape index (κ3) is 6.43. The minimum Gasteiger partial charge on any atom is -0.465 e. The van der Waals surface area contributed by atoms with Crippen LogP contribution in [-0.4, -0.2) is 25.2 Å². The molecular formula is C19H28O4. The van der Waals surface area contributed by atoms with Gasteiger partial charge in [-0.15, -0.1) is 0 Å². The van der Waals surface area contributed by atoms with E-state index in [4.69, 9.17) is 9.47 Å². The first kappa shape index (κ1) is 19.2. The van der Waals surface area contributed by atoms with Crippen LogP contribution >= 0.6 is 0 Å². The van der Waals surface area contributed by atoms with Gasteiger partial charge in [-0.25, -0.2) is 4.79 Å². The van der Waals surface area contributed by atoms with E-state index in [0.717, 1.165) is 11.1 Å². The molecule has 0 aromatic carbocycles. The van der Waals surface area contributed by atoms with Crippen molar-refractivity contribution in [1.82, 2.24) is 0 Å². The SMILES string of the molecule is CC1=CC(C)=CC(C(=O)OCC(C)C)C(C(=O)OCC(C)C)=C1. The summed E-state index contributed by atoms with van der Waals surface area (Å²) in [5.74, 6) is -1.10. The summed E-state index contributed by atoms with van der Waals surface area (Å²) in [7, 11) is 0. The molecule has 0 fully saturated rings. The Labute approximate surface area is 139 Å². The summed E-state index contributed by atoms with van der Waals surface area (Å²) < 4.78 is 10.6. The predicted octanol–water partition coefficient (Wildman–Crippen LogP) is 3.83. The number of carbonyl (C=O) groups is 2. The summed E-state index contributed by atoms with van der Waals surface area (Å²) in [6.07, 6.45) is 5.42. The van der Waals surface area contributed by atoms with Crippen LogP contribution < -0.4 is 0 Å². The van der Waals surface area contributed by atoms with E-state index in [1.165, 1.54) is 0 Å². The van der Waals surface area contributed by atoms with Crippen LogP contribution in [0.5, 0.6) is 0 Å². The first-order chi connectivity index (χ1) is 10.7. The van der Waals surface area contributed by atoms with E-state index in [1.807, 2.05) is 47.6 Å². The Hall–Kier alpha value is -1.84. The van der Waals surface area contributed by atoms with Gasteiger partial charge in [-0.2, -0.15) is 0 Å². The molecule has 1 aliphatic carbocycles. The summed E-state index contributed by atoms with van der Waals surface area (Å²) in [6.45, 7) is 12.4. The lowest BCUT2D eigenvalue weighted by Crippen LogP contribution is -2.25. The maximum atomic E-state index is 12.4. The number of hydrogen-bond acceptors (Lipinski definition) is 4. The topological polar surface area (TPSA) is 52.6 Å². The Balaban J connectivity index is 3.01. The molecule has 23 heavy (non-hydrogen) atoms. The number of rotatable bonds is 6. The second-order valence-electron chi connectivity index (χ2n) is 6.89. The molecule has 0 aromatic heterocycles. The van der Waals surface area contributed by atoms with Crippen molar-refractivity contribution >= 4 is 11.9 Å². The molecule has 0 heterocycles. The molecular weight excluding hydrogens is 292 g/mol. The van der Waals surface area contributed by atoms with Gasteiger partial charge in [0.25, 0.3) is 0 Å². The fraction of sp³-hybridized carbons (Fsp3) is 0.579. The predicted molar refractivity (Wildman–Crippen MR) is 90.7 cm³/mol. The highest BCUT2D eigenvalue weighted by Gasteiger charge is 2.30. The first-order valence-electron chi connectivity index (χ1n) is 8.12. The smallest absolute Gasteiger partial charge is 0.335 e. The van der Waals surface area contributed by atoms with Gasteiger partial charge < -0.3 is 9.47 Å². The van der Waals surface area contributed by atoms with Crippen LogP contribution in [0.4, 0.5) is 0 Å². The zero-order valence-electron chi connectivity index (χ0n) is 15.0. The Kier molecular flexibility index (Phi) is 7.27. The normalized spacial score (nSPS) is 18.1. The Morgan fingerprint density at radius 3 is 2.09 bits per heavy atom. The lowest BCUT2D eigenvalue weighted by molar-refractivity contribution is -0.150. The third-order valence-electron chi connectivity index (χ3n) is 3.20. The summed E-state index contributed by atoms with van der Waals surface area (Å²) in [5.41, 5.74) is 2.18. The van der Waals surface area contributed by atoms with Crippen molar-refractivity contribution in [2.75, 3.05) is 13.2 Å². The summed E-state index contributed by atoms with van der Waals surface area (Å²) in [6, 6.07) is 0. The van der Waals surface area contributed by atoms with E-state index >= 15 is 0 Å². The zero-order valence-corrected chi connectivity index (χ0v) is 15.0. The van der Waals surface area contributed by atoms with Crippen LogP contribution in [-0.2, 0) is 19.1 Å². The second-order valence-corrected chi connectivity index (χ2v) is 6.89. The van der Waals surface area contributed by atoms with Gasteiger partial charge in [-0.3, -0.25) is 4.79 Å². The van der Waals surface area contributed by atoms with Gasteiger partial charge >= 0.3 is 11.9 Å². The van der Waals surface area contributed by atoms with Crippen molar-refractivity contribution in [3.8, 4) is 0 Å². The fourth-order valence-corrected chi connectivity index (χ4v) is 2.18. The minimum atomic E-state index is -0.720. The fourth-order valence-electron chi connectivity index (χ4n) is 2.18. The molecule has 0 amide bonds. The largest absolute Gasteiger partial charge is 0.465 e. The molecule has 0 N–H and O–H groups in total. The average Bonchev–Trinajstić information content (AvgIpc) is 2.60. The highest BCUT2D eigenvalue weighted by Crippen LogP contribution is 2.25. The maximum Gasteiger partial charge on any atom is 0.335 e.